The first-order valence-electron chi connectivity index (χ1n) is 4.71. The molecule has 0 aromatic heterocycles. The second-order valence-electron chi connectivity index (χ2n) is 3.81. The lowest BCUT2D eigenvalue weighted by Crippen LogP contribution is -2.43. The number of nitrogens with one attached hydrogen (secondary N) is 1. The third-order valence-electron chi connectivity index (χ3n) is 2.14. The number of aliphatic imine (C=N–C) groups is 1. The van der Waals surface area contributed by atoms with Gasteiger partial charge in [-0.2, -0.15) is 0 Å². The van der Waals surface area contributed by atoms with Crippen LogP contribution in [0.5, 0.6) is 0 Å². The van der Waals surface area contributed by atoms with Gasteiger partial charge in [0.1, 0.15) is 0 Å². The summed E-state index contributed by atoms with van der Waals surface area (Å²) in [7, 11) is -19.3. The van der Waals surface area contributed by atoms with Gasteiger partial charge >= 0.3 is 0 Å². The van der Waals surface area contributed by atoms with E-state index in [1.54, 1.807) is 5.32 Å². The van der Waals surface area contributed by atoms with Gasteiger partial charge in [-0.05, 0) is 0 Å². The van der Waals surface area contributed by atoms with Crippen molar-refractivity contribution in [2.24, 2.45) is 4.99 Å². The number of rotatable bonds is 4. The zero-order valence-electron chi connectivity index (χ0n) is 10.4. The van der Waals surface area contributed by atoms with Gasteiger partial charge < -0.3 is 5.32 Å². The Morgan fingerprint density at radius 2 is 1.48 bits per heavy atom. The van der Waals surface area contributed by atoms with Crippen LogP contribution in [-0.2, 0) is 35.5 Å². The lowest BCUT2D eigenvalue weighted by atomic mass is 10.6. The molecule has 122 valence electrons. The van der Waals surface area contributed by atoms with Crippen LogP contribution < -0.4 is 5.32 Å². The van der Waals surface area contributed by atoms with Gasteiger partial charge in [0.25, 0.3) is 35.5 Å². The third kappa shape index (κ3) is 3.23. The van der Waals surface area contributed by atoms with E-state index >= 15 is 0 Å². The van der Waals surface area contributed by atoms with Crippen molar-refractivity contribution in [1.82, 2.24) is 5.32 Å². The van der Waals surface area contributed by atoms with Gasteiger partial charge in [-0.25, -0.2) is 33.7 Å². The Hall–Kier alpha value is -0.700. The molecule has 0 aromatic rings. The Balaban J connectivity index is 3.48. The van der Waals surface area contributed by atoms with Gasteiger partial charge in [0.2, 0.25) is 5.50 Å². The molecule has 0 bridgehead atoms. The number of allylic oxidation sites excluding steroid dienone is 1. The summed E-state index contributed by atoms with van der Waals surface area (Å²) in [6, 6.07) is 0. The highest BCUT2D eigenvalue weighted by Crippen LogP contribution is 2.23. The fourth-order valence-corrected chi connectivity index (χ4v) is 5.96. The lowest BCUT2D eigenvalue weighted by Gasteiger charge is -2.20. The highest BCUT2D eigenvalue weighted by atomic mass is 35.5. The zero-order valence-corrected chi connectivity index (χ0v) is 14.4. The minimum Gasteiger partial charge on any atom is -0.339 e. The quantitative estimate of drug-likeness (QED) is 0.531. The van der Waals surface area contributed by atoms with Crippen LogP contribution in [0, 0.1) is 0 Å². The smallest absolute Gasteiger partial charge is 0.298 e. The predicted octanol–water partition coefficient (Wildman–Crippen LogP) is -1.90. The Kier molecular flexibility index (Phi) is 4.53. The van der Waals surface area contributed by atoms with Crippen LogP contribution in [0.2, 0.25) is 0 Å². The van der Waals surface area contributed by atoms with E-state index in [4.69, 9.17) is 11.6 Å². The summed E-state index contributed by atoms with van der Waals surface area (Å²) in [5.74, 6) is 0. The van der Waals surface area contributed by atoms with E-state index in [1.165, 1.54) is 0 Å². The average molecular weight is 401 g/mol. The lowest BCUT2D eigenvalue weighted by molar-refractivity contribution is 0.565. The fraction of sp³-hybridized carbons (Fsp3) is 0.500. The molecular formula is C6H9ClN2O8S4. The number of hydrogen-bond donors (Lipinski definition) is 1. The fourth-order valence-electron chi connectivity index (χ4n) is 1.07. The summed E-state index contributed by atoms with van der Waals surface area (Å²) >= 11 is 5.48. The Morgan fingerprint density at radius 3 is 1.86 bits per heavy atom. The molecule has 1 aliphatic rings. The van der Waals surface area contributed by atoms with Gasteiger partial charge in [-0.3, -0.25) is 4.99 Å². The molecule has 0 radical (unpaired) electrons. The van der Waals surface area contributed by atoms with E-state index in [1.807, 2.05) is 0 Å². The van der Waals surface area contributed by atoms with Gasteiger partial charge in [0.15, 0.2) is 5.03 Å². The molecule has 21 heavy (non-hydrogen) atoms. The summed E-state index contributed by atoms with van der Waals surface area (Å²) in [5.41, 5.74) is -2.22. The molecule has 0 aromatic carbocycles. The van der Waals surface area contributed by atoms with Crippen molar-refractivity contribution in [3.63, 3.8) is 0 Å². The van der Waals surface area contributed by atoms with E-state index in [0.717, 1.165) is 0 Å². The van der Waals surface area contributed by atoms with E-state index < -0.39 is 51.0 Å². The van der Waals surface area contributed by atoms with Crippen LogP contribution in [0.15, 0.2) is 15.1 Å². The molecule has 1 heterocycles. The summed E-state index contributed by atoms with van der Waals surface area (Å²) in [6.07, 6.45) is 1.29. The van der Waals surface area contributed by atoms with Crippen molar-refractivity contribution < 1.29 is 33.7 Å². The second-order valence-corrected chi connectivity index (χ2v) is 16.1. The van der Waals surface area contributed by atoms with Crippen LogP contribution in [0.25, 0.3) is 0 Å². The highest BCUT2D eigenvalue weighted by molar-refractivity contribution is 8.68. The average Bonchev–Trinajstić information content (AvgIpc) is 2.25. The Labute approximate surface area is 125 Å². The van der Waals surface area contributed by atoms with Crippen LogP contribution in [0.4, 0.5) is 0 Å². The maximum Gasteiger partial charge on any atom is 0.298 e. The molecule has 0 aliphatic carbocycles. The molecule has 15 heteroatoms. The van der Waals surface area contributed by atoms with Crippen LogP contribution in [0.1, 0.15) is 0 Å². The molecule has 1 aliphatic heterocycles. The van der Waals surface area contributed by atoms with Gasteiger partial charge in [0, 0.05) is 6.21 Å². The minimum absolute atomic E-state index is 0.368. The van der Waals surface area contributed by atoms with Gasteiger partial charge in [-0.15, -0.1) is 0 Å². The summed E-state index contributed by atoms with van der Waals surface area (Å²) in [5, 5.41) is -0.136. The van der Waals surface area contributed by atoms with E-state index in [2.05, 4.69) is 4.99 Å². The molecule has 0 amide bonds. The highest BCUT2D eigenvalue weighted by Gasteiger charge is 2.41. The molecule has 0 saturated carbocycles. The number of nitrogens with zero attached hydrogens (tertiary/aromatic N) is 1. The van der Waals surface area contributed by atoms with Crippen molar-refractivity contribution in [2.45, 2.75) is 5.50 Å². The molecule has 1 N–H and O–H groups in total. The molecule has 1 rings (SSSR count). The first-order valence-corrected chi connectivity index (χ1v) is 12.9. The van der Waals surface area contributed by atoms with Crippen molar-refractivity contribution in [3.05, 3.63) is 10.1 Å². The van der Waals surface area contributed by atoms with Crippen molar-refractivity contribution in [2.75, 3.05) is 12.5 Å². The summed E-state index contributed by atoms with van der Waals surface area (Å²) in [4.78, 5) is 3.24. The number of hydrogen-bond acceptors (Lipinski definition) is 10. The minimum atomic E-state index is -5.03. The van der Waals surface area contributed by atoms with Gasteiger partial charge in [0.05, 0.1) is 17.5 Å². The summed E-state index contributed by atoms with van der Waals surface area (Å²) < 4.78 is 91.6. The Morgan fingerprint density at radius 1 is 1.00 bits per heavy atom. The standard InChI is InChI=1S/C6H9ClN2O8S4/c1-18(10,11)20(14,15)5-4(7)3-8-6(9-5)21(16,17)19(2,12)13/h3,6,9H,1-2H3. The predicted molar refractivity (Wildman–Crippen MR) is 75.8 cm³/mol. The van der Waals surface area contributed by atoms with Gasteiger partial charge in [-0.1, -0.05) is 11.6 Å². The molecule has 1 unspecified atom stereocenters. The van der Waals surface area contributed by atoms with Crippen molar-refractivity contribution >= 4 is 53.3 Å². The SMILES string of the molecule is CS(=O)(=O)S(=O)(=O)C1=C(Cl)C=NC(S(=O)(=O)S(C)(=O)=O)N1. The van der Waals surface area contributed by atoms with E-state index in [-0.39, 0.29) is 0 Å². The first-order chi connectivity index (χ1) is 9.12. The van der Waals surface area contributed by atoms with Crippen LogP contribution in [0.3, 0.4) is 0 Å². The van der Waals surface area contributed by atoms with E-state index in [0.29, 0.717) is 18.7 Å². The second kappa shape index (κ2) is 5.19. The third-order valence-corrected chi connectivity index (χ3v) is 11.8. The normalized spacial score (nSPS) is 21.2. The molecular weight excluding hydrogens is 392 g/mol. The van der Waals surface area contributed by atoms with Crippen molar-refractivity contribution in [3.8, 4) is 0 Å². The maximum atomic E-state index is 11.7. The Bertz CT molecular complexity index is 938. The van der Waals surface area contributed by atoms with Crippen LogP contribution in [-0.4, -0.2) is 57.9 Å². The largest absolute Gasteiger partial charge is 0.339 e. The van der Waals surface area contributed by atoms with Crippen LogP contribution >= 0.6 is 11.6 Å². The first kappa shape index (κ1) is 18.3. The molecule has 10 nitrogen and oxygen atoms in total. The van der Waals surface area contributed by atoms with Crippen molar-refractivity contribution in [1.29, 1.82) is 0 Å². The number of halogens is 1. The molecule has 1 atom stereocenters. The maximum absolute atomic E-state index is 11.7. The monoisotopic (exact) mass is 400 g/mol. The molecule has 0 saturated heterocycles. The van der Waals surface area contributed by atoms with E-state index in [9.17, 15) is 33.7 Å². The zero-order chi connectivity index (χ0) is 16.9. The molecule has 0 spiro atoms. The topological polar surface area (TPSA) is 161 Å². The summed E-state index contributed by atoms with van der Waals surface area (Å²) in [6.45, 7) is 0. The molecule has 0 fully saturated rings.